The Bertz CT molecular complexity index is 435. The molecule has 1 heterocycles. The smallest absolute Gasteiger partial charge is 0.231 e. The minimum Gasteiger partial charge on any atom is -0.370 e. The molecule has 2 rings (SSSR count). The van der Waals surface area contributed by atoms with Gasteiger partial charge in [-0.05, 0) is 31.6 Å². The van der Waals surface area contributed by atoms with Gasteiger partial charge in [-0.2, -0.15) is 4.98 Å². The third-order valence-electron chi connectivity index (χ3n) is 4.70. The van der Waals surface area contributed by atoms with Crippen molar-refractivity contribution >= 4 is 0 Å². The van der Waals surface area contributed by atoms with Gasteiger partial charge in [0.25, 0.3) is 0 Å². The van der Waals surface area contributed by atoms with Crippen LogP contribution in [0, 0.1) is 5.92 Å². The lowest BCUT2D eigenvalue weighted by atomic mass is 9.78. The summed E-state index contributed by atoms with van der Waals surface area (Å²) in [4.78, 5) is 4.60. The second-order valence-corrected chi connectivity index (χ2v) is 6.22. The van der Waals surface area contributed by atoms with Gasteiger partial charge in [0.05, 0.1) is 5.92 Å². The largest absolute Gasteiger partial charge is 0.370 e. The number of aromatic nitrogens is 2. The predicted molar refractivity (Wildman–Crippen MR) is 77.3 cm³/mol. The Hall–Kier alpha value is -0.940. The van der Waals surface area contributed by atoms with Crippen LogP contribution in [0.3, 0.4) is 0 Å². The molecule has 1 fully saturated rings. The first kappa shape index (κ1) is 15.4. The standard InChI is InChI=1S/C15H27N3O2/c1-5-12(16)11(3)13-17-14(18-20-13)15(19-4)8-6-7-10(2)9-15/h10-12H,5-9,16H2,1-4H3. The number of methoxy groups -OCH3 is 1. The van der Waals surface area contributed by atoms with Gasteiger partial charge in [-0.3, -0.25) is 0 Å². The lowest BCUT2D eigenvalue weighted by molar-refractivity contribution is -0.0658. The first-order valence-electron chi connectivity index (χ1n) is 7.67. The van der Waals surface area contributed by atoms with Crippen LogP contribution in [0.25, 0.3) is 0 Å². The Morgan fingerprint density at radius 3 is 2.90 bits per heavy atom. The summed E-state index contributed by atoms with van der Waals surface area (Å²) >= 11 is 0. The predicted octanol–water partition coefficient (Wildman–Crippen LogP) is 2.96. The molecule has 5 nitrogen and oxygen atoms in total. The van der Waals surface area contributed by atoms with E-state index in [1.807, 2.05) is 6.92 Å². The van der Waals surface area contributed by atoms with E-state index in [0.29, 0.717) is 17.6 Å². The molecule has 1 aromatic rings. The first-order valence-corrected chi connectivity index (χ1v) is 7.67. The number of hydrogen-bond acceptors (Lipinski definition) is 5. The topological polar surface area (TPSA) is 74.2 Å². The molecule has 1 aliphatic carbocycles. The van der Waals surface area contributed by atoms with Crippen LogP contribution < -0.4 is 5.73 Å². The highest BCUT2D eigenvalue weighted by Gasteiger charge is 2.41. The van der Waals surface area contributed by atoms with Crippen molar-refractivity contribution in [1.29, 1.82) is 0 Å². The zero-order chi connectivity index (χ0) is 14.8. The summed E-state index contributed by atoms with van der Waals surface area (Å²) in [5.74, 6) is 2.03. The van der Waals surface area contributed by atoms with Gasteiger partial charge in [0.2, 0.25) is 11.7 Å². The van der Waals surface area contributed by atoms with Crippen LogP contribution >= 0.6 is 0 Å². The molecule has 5 heteroatoms. The van der Waals surface area contributed by atoms with Gasteiger partial charge < -0.3 is 15.0 Å². The van der Waals surface area contributed by atoms with Crippen LogP contribution in [-0.4, -0.2) is 23.3 Å². The van der Waals surface area contributed by atoms with Crippen LogP contribution in [0.4, 0.5) is 0 Å². The molecule has 0 radical (unpaired) electrons. The van der Waals surface area contributed by atoms with Crippen molar-refractivity contribution in [2.75, 3.05) is 7.11 Å². The highest BCUT2D eigenvalue weighted by atomic mass is 16.5. The summed E-state index contributed by atoms with van der Waals surface area (Å²) in [5.41, 5.74) is 5.69. The highest BCUT2D eigenvalue weighted by molar-refractivity contribution is 5.06. The number of rotatable bonds is 5. The molecule has 2 N–H and O–H groups in total. The van der Waals surface area contributed by atoms with E-state index in [4.69, 9.17) is 15.0 Å². The Kier molecular flexibility index (Phi) is 4.81. The zero-order valence-electron chi connectivity index (χ0n) is 13.1. The SMILES string of the molecule is CCC(N)C(C)c1nc(C2(OC)CCCC(C)C2)no1. The molecule has 114 valence electrons. The van der Waals surface area contributed by atoms with Crippen molar-refractivity contribution in [2.24, 2.45) is 11.7 Å². The van der Waals surface area contributed by atoms with Gasteiger partial charge in [0.15, 0.2) is 0 Å². The van der Waals surface area contributed by atoms with E-state index in [1.54, 1.807) is 7.11 Å². The maximum atomic E-state index is 6.06. The Morgan fingerprint density at radius 2 is 2.30 bits per heavy atom. The highest BCUT2D eigenvalue weighted by Crippen LogP contribution is 2.41. The molecular formula is C15H27N3O2. The van der Waals surface area contributed by atoms with Gasteiger partial charge in [0, 0.05) is 13.2 Å². The number of hydrogen-bond donors (Lipinski definition) is 1. The molecule has 20 heavy (non-hydrogen) atoms. The van der Waals surface area contributed by atoms with Crippen molar-refractivity contribution in [3.8, 4) is 0 Å². The molecule has 1 saturated carbocycles. The van der Waals surface area contributed by atoms with E-state index in [-0.39, 0.29) is 17.6 Å². The number of nitrogens with two attached hydrogens (primary N) is 1. The molecule has 0 amide bonds. The second kappa shape index (κ2) is 6.22. The van der Waals surface area contributed by atoms with E-state index in [2.05, 4.69) is 24.0 Å². The molecule has 1 aliphatic rings. The Balaban J connectivity index is 2.22. The molecular weight excluding hydrogens is 254 g/mol. The number of nitrogens with zero attached hydrogens (tertiary/aromatic N) is 2. The number of ether oxygens (including phenoxy) is 1. The molecule has 4 atom stereocenters. The van der Waals surface area contributed by atoms with Crippen LogP contribution in [-0.2, 0) is 10.3 Å². The average Bonchev–Trinajstić information content (AvgIpc) is 2.95. The normalized spacial score (nSPS) is 30.1. The minimum absolute atomic E-state index is 0.0482. The van der Waals surface area contributed by atoms with Gasteiger partial charge in [-0.25, -0.2) is 0 Å². The van der Waals surface area contributed by atoms with Crippen LogP contribution in [0.5, 0.6) is 0 Å². The summed E-state index contributed by atoms with van der Waals surface area (Å²) in [6.45, 7) is 6.36. The summed E-state index contributed by atoms with van der Waals surface area (Å²) in [6.07, 6.45) is 5.19. The van der Waals surface area contributed by atoms with E-state index >= 15 is 0 Å². The molecule has 0 bridgehead atoms. The maximum absolute atomic E-state index is 6.06. The quantitative estimate of drug-likeness (QED) is 0.898. The monoisotopic (exact) mass is 281 g/mol. The first-order chi connectivity index (χ1) is 9.52. The van der Waals surface area contributed by atoms with Crippen LogP contribution in [0.15, 0.2) is 4.52 Å². The van der Waals surface area contributed by atoms with Crippen molar-refractivity contribution in [2.45, 2.75) is 70.4 Å². The van der Waals surface area contributed by atoms with Crippen molar-refractivity contribution in [3.05, 3.63) is 11.7 Å². The van der Waals surface area contributed by atoms with Gasteiger partial charge in [0.1, 0.15) is 5.60 Å². The summed E-state index contributed by atoms with van der Waals surface area (Å²) in [5, 5.41) is 4.19. The van der Waals surface area contributed by atoms with E-state index in [9.17, 15) is 0 Å². The summed E-state index contributed by atoms with van der Waals surface area (Å²) in [6, 6.07) is 0.0482. The van der Waals surface area contributed by atoms with Crippen LogP contribution in [0.2, 0.25) is 0 Å². The van der Waals surface area contributed by atoms with E-state index < -0.39 is 0 Å². The lowest BCUT2D eigenvalue weighted by Gasteiger charge is -2.36. The lowest BCUT2D eigenvalue weighted by Crippen LogP contribution is -2.35. The molecule has 0 aromatic carbocycles. The zero-order valence-corrected chi connectivity index (χ0v) is 13.1. The Morgan fingerprint density at radius 1 is 1.55 bits per heavy atom. The average molecular weight is 281 g/mol. The van der Waals surface area contributed by atoms with E-state index in [1.165, 1.54) is 6.42 Å². The molecule has 0 saturated heterocycles. The summed E-state index contributed by atoms with van der Waals surface area (Å²) < 4.78 is 11.2. The van der Waals surface area contributed by atoms with E-state index in [0.717, 1.165) is 25.7 Å². The fourth-order valence-electron chi connectivity index (χ4n) is 3.12. The maximum Gasteiger partial charge on any atom is 0.231 e. The van der Waals surface area contributed by atoms with Gasteiger partial charge >= 0.3 is 0 Å². The minimum atomic E-state index is -0.380. The van der Waals surface area contributed by atoms with Crippen LogP contribution in [0.1, 0.15) is 70.5 Å². The molecule has 0 aliphatic heterocycles. The molecule has 4 unspecified atom stereocenters. The van der Waals surface area contributed by atoms with Crippen molar-refractivity contribution in [1.82, 2.24) is 10.1 Å². The summed E-state index contributed by atoms with van der Waals surface area (Å²) in [7, 11) is 1.75. The van der Waals surface area contributed by atoms with Gasteiger partial charge in [-0.15, -0.1) is 0 Å². The van der Waals surface area contributed by atoms with Gasteiger partial charge in [-0.1, -0.05) is 32.3 Å². The Labute approximate surface area is 121 Å². The third kappa shape index (κ3) is 2.88. The molecule has 0 spiro atoms. The fourth-order valence-corrected chi connectivity index (χ4v) is 3.12. The fraction of sp³-hybridized carbons (Fsp3) is 0.867. The van der Waals surface area contributed by atoms with Crippen molar-refractivity contribution < 1.29 is 9.26 Å². The van der Waals surface area contributed by atoms with Crippen molar-refractivity contribution in [3.63, 3.8) is 0 Å². The second-order valence-electron chi connectivity index (χ2n) is 6.22. The molecule has 1 aromatic heterocycles. The third-order valence-corrected chi connectivity index (χ3v) is 4.70.